The topological polar surface area (TPSA) is 64.4 Å². The molecule has 0 atom stereocenters. The molecule has 0 aliphatic heterocycles. The first kappa shape index (κ1) is 18.5. The van der Waals surface area contributed by atoms with Crippen molar-refractivity contribution in [3.8, 4) is 28.2 Å². The van der Waals surface area contributed by atoms with E-state index in [1.807, 2.05) is 60.7 Å². The van der Waals surface area contributed by atoms with E-state index in [-0.39, 0.29) is 12.5 Å². The average Bonchev–Trinajstić information content (AvgIpc) is 3.33. The minimum absolute atomic E-state index is 0.0456. The lowest BCUT2D eigenvalue weighted by Gasteiger charge is -2.09. The van der Waals surface area contributed by atoms with Gasteiger partial charge in [0.1, 0.15) is 11.5 Å². The summed E-state index contributed by atoms with van der Waals surface area (Å²) < 4.78 is 11.0. The van der Waals surface area contributed by atoms with Crippen LogP contribution in [0.5, 0.6) is 5.75 Å². The second kappa shape index (κ2) is 8.89. The lowest BCUT2D eigenvalue weighted by atomic mass is 10.1. The largest absolute Gasteiger partial charge is 0.484 e. The Hall–Kier alpha value is -3.86. The Balaban J connectivity index is 1.28. The van der Waals surface area contributed by atoms with E-state index in [1.165, 1.54) is 0 Å². The van der Waals surface area contributed by atoms with Crippen LogP contribution in [0.2, 0.25) is 0 Å². The first-order chi connectivity index (χ1) is 14.3. The summed E-state index contributed by atoms with van der Waals surface area (Å²) in [5.74, 6) is 1.20. The number of hydrogen-bond acceptors (Lipinski definition) is 4. The van der Waals surface area contributed by atoms with Gasteiger partial charge < -0.3 is 14.5 Å². The van der Waals surface area contributed by atoms with Crippen molar-refractivity contribution in [2.45, 2.75) is 6.54 Å². The molecule has 5 nitrogen and oxygen atoms in total. The second-order valence-electron chi connectivity index (χ2n) is 6.51. The summed E-state index contributed by atoms with van der Waals surface area (Å²) in [6.45, 7) is 0.326. The Labute approximate surface area is 169 Å². The Morgan fingerprint density at radius 2 is 1.69 bits per heavy atom. The predicted octanol–water partition coefficient (Wildman–Crippen LogP) is 4.70. The van der Waals surface area contributed by atoms with Gasteiger partial charge in [0.25, 0.3) is 5.91 Å². The number of hydrogen-bond donors (Lipinski definition) is 1. The van der Waals surface area contributed by atoms with E-state index in [9.17, 15) is 4.79 Å². The number of furan rings is 1. The summed E-state index contributed by atoms with van der Waals surface area (Å²) in [5, 5.41) is 2.84. The van der Waals surface area contributed by atoms with Crippen LogP contribution in [0.15, 0.2) is 95.9 Å². The summed E-state index contributed by atoms with van der Waals surface area (Å²) in [6.07, 6.45) is 5.07. The fraction of sp³-hybridized carbons (Fsp3) is 0.0833. The van der Waals surface area contributed by atoms with Crippen LogP contribution in [0.4, 0.5) is 0 Å². The lowest BCUT2D eigenvalue weighted by molar-refractivity contribution is -0.123. The summed E-state index contributed by atoms with van der Waals surface area (Å²) in [6, 6.07) is 23.4. The SMILES string of the molecule is O=C(COc1ccc(-c2ccccc2)cc1)NCc1cncc(-c2ccco2)c1. The standard InChI is InChI=1S/C24H20N2O3/c27-24(26-15-18-13-21(16-25-14-18)23-7-4-12-28-23)17-29-22-10-8-20(9-11-22)19-5-2-1-3-6-19/h1-14,16H,15,17H2,(H,26,27). The molecular weight excluding hydrogens is 364 g/mol. The van der Waals surface area contributed by atoms with Crippen molar-refractivity contribution in [1.82, 2.24) is 10.3 Å². The van der Waals surface area contributed by atoms with Crippen molar-refractivity contribution < 1.29 is 13.9 Å². The number of carbonyl (C=O) groups excluding carboxylic acids is 1. The molecule has 0 unspecified atom stereocenters. The first-order valence-electron chi connectivity index (χ1n) is 9.31. The van der Waals surface area contributed by atoms with Crippen molar-refractivity contribution in [2.24, 2.45) is 0 Å². The number of pyridine rings is 1. The quantitative estimate of drug-likeness (QED) is 0.501. The fourth-order valence-corrected chi connectivity index (χ4v) is 2.94. The molecule has 144 valence electrons. The van der Waals surface area contributed by atoms with E-state index in [2.05, 4.69) is 22.4 Å². The Morgan fingerprint density at radius 1 is 0.897 bits per heavy atom. The van der Waals surface area contributed by atoms with Crippen molar-refractivity contribution in [2.75, 3.05) is 6.61 Å². The summed E-state index contributed by atoms with van der Waals surface area (Å²) in [7, 11) is 0. The molecule has 4 rings (SSSR count). The highest BCUT2D eigenvalue weighted by atomic mass is 16.5. The van der Waals surface area contributed by atoms with Gasteiger partial charge in [0, 0.05) is 24.5 Å². The number of rotatable bonds is 7. The minimum Gasteiger partial charge on any atom is -0.484 e. The van der Waals surface area contributed by atoms with Crippen molar-refractivity contribution in [3.63, 3.8) is 0 Å². The number of aromatic nitrogens is 1. The van der Waals surface area contributed by atoms with Gasteiger partial charge in [-0.15, -0.1) is 0 Å². The monoisotopic (exact) mass is 384 g/mol. The van der Waals surface area contributed by atoms with Crippen LogP contribution >= 0.6 is 0 Å². The van der Waals surface area contributed by atoms with Crippen molar-refractivity contribution in [3.05, 3.63) is 97.0 Å². The van der Waals surface area contributed by atoms with Crippen molar-refractivity contribution >= 4 is 5.91 Å². The van der Waals surface area contributed by atoms with Gasteiger partial charge in [-0.3, -0.25) is 9.78 Å². The number of ether oxygens (including phenoxy) is 1. The van der Waals surface area contributed by atoms with Gasteiger partial charge in [0.15, 0.2) is 6.61 Å². The third-order valence-electron chi connectivity index (χ3n) is 4.42. The van der Waals surface area contributed by atoms with Crippen LogP contribution in [0, 0.1) is 0 Å². The Bertz CT molecular complexity index is 1060. The number of carbonyl (C=O) groups is 1. The Kier molecular flexibility index (Phi) is 5.67. The molecule has 0 bridgehead atoms. The molecule has 0 aliphatic rings. The molecule has 0 saturated carbocycles. The summed E-state index contributed by atoms with van der Waals surface area (Å²) in [4.78, 5) is 16.3. The van der Waals surface area contributed by atoms with Crippen LogP contribution < -0.4 is 10.1 Å². The molecule has 0 spiro atoms. The minimum atomic E-state index is -0.194. The van der Waals surface area contributed by atoms with E-state index >= 15 is 0 Å². The third kappa shape index (κ3) is 4.90. The van der Waals surface area contributed by atoms with Crippen LogP contribution in [0.3, 0.4) is 0 Å². The molecular formula is C24H20N2O3. The van der Waals surface area contributed by atoms with Gasteiger partial charge in [0.2, 0.25) is 0 Å². The van der Waals surface area contributed by atoms with Gasteiger partial charge >= 0.3 is 0 Å². The highest BCUT2D eigenvalue weighted by Gasteiger charge is 2.06. The van der Waals surface area contributed by atoms with Crippen LogP contribution in [0.25, 0.3) is 22.5 Å². The molecule has 0 aliphatic carbocycles. The van der Waals surface area contributed by atoms with Crippen LogP contribution in [-0.4, -0.2) is 17.5 Å². The highest BCUT2D eigenvalue weighted by Crippen LogP contribution is 2.22. The third-order valence-corrected chi connectivity index (χ3v) is 4.42. The normalized spacial score (nSPS) is 10.5. The van der Waals surface area contributed by atoms with Gasteiger partial charge in [0.05, 0.1) is 6.26 Å². The highest BCUT2D eigenvalue weighted by molar-refractivity contribution is 5.77. The maximum absolute atomic E-state index is 12.1. The molecule has 0 fully saturated rings. The molecule has 0 saturated heterocycles. The molecule has 2 heterocycles. The zero-order valence-corrected chi connectivity index (χ0v) is 15.7. The molecule has 2 aromatic heterocycles. The maximum atomic E-state index is 12.1. The number of nitrogens with one attached hydrogen (secondary N) is 1. The van der Waals surface area contributed by atoms with E-state index in [1.54, 1.807) is 18.7 Å². The fourth-order valence-electron chi connectivity index (χ4n) is 2.94. The van der Waals surface area contributed by atoms with E-state index in [0.29, 0.717) is 12.3 Å². The van der Waals surface area contributed by atoms with Crippen LogP contribution in [-0.2, 0) is 11.3 Å². The molecule has 1 amide bonds. The second-order valence-corrected chi connectivity index (χ2v) is 6.51. The van der Waals surface area contributed by atoms with Crippen molar-refractivity contribution in [1.29, 1.82) is 0 Å². The number of nitrogens with zero attached hydrogens (tertiary/aromatic N) is 1. The average molecular weight is 384 g/mol. The molecule has 0 radical (unpaired) electrons. The van der Waals surface area contributed by atoms with E-state index < -0.39 is 0 Å². The van der Waals surface area contributed by atoms with Crippen LogP contribution in [0.1, 0.15) is 5.56 Å². The predicted molar refractivity (Wildman–Crippen MR) is 111 cm³/mol. The summed E-state index contributed by atoms with van der Waals surface area (Å²) in [5.41, 5.74) is 4.00. The van der Waals surface area contributed by atoms with E-state index in [0.717, 1.165) is 28.0 Å². The van der Waals surface area contributed by atoms with Gasteiger partial charge in [-0.2, -0.15) is 0 Å². The van der Waals surface area contributed by atoms with E-state index in [4.69, 9.17) is 9.15 Å². The van der Waals surface area contributed by atoms with Gasteiger partial charge in [-0.25, -0.2) is 0 Å². The summed E-state index contributed by atoms with van der Waals surface area (Å²) >= 11 is 0. The zero-order valence-electron chi connectivity index (χ0n) is 15.7. The lowest BCUT2D eigenvalue weighted by Crippen LogP contribution is -2.28. The zero-order chi connectivity index (χ0) is 19.9. The first-order valence-corrected chi connectivity index (χ1v) is 9.31. The number of amides is 1. The maximum Gasteiger partial charge on any atom is 0.258 e. The molecule has 1 N–H and O–H groups in total. The van der Waals surface area contributed by atoms with Gasteiger partial charge in [-0.05, 0) is 47.0 Å². The number of benzene rings is 2. The molecule has 4 aromatic rings. The molecule has 5 heteroatoms. The smallest absolute Gasteiger partial charge is 0.258 e. The Morgan fingerprint density at radius 3 is 2.45 bits per heavy atom. The van der Waals surface area contributed by atoms with Gasteiger partial charge in [-0.1, -0.05) is 42.5 Å². The molecule has 29 heavy (non-hydrogen) atoms. The molecule has 2 aromatic carbocycles.